The Kier molecular flexibility index (Phi) is 4.24. The van der Waals surface area contributed by atoms with Crippen LogP contribution in [0.3, 0.4) is 0 Å². The number of hydrogen-bond donors (Lipinski definition) is 1. The second-order valence-corrected chi connectivity index (χ2v) is 6.82. The molecule has 0 unspecified atom stereocenters. The number of morpholine rings is 1. The first-order chi connectivity index (χ1) is 12.2. The van der Waals surface area contributed by atoms with Crippen LogP contribution in [-0.4, -0.2) is 57.4 Å². The lowest BCUT2D eigenvalue weighted by molar-refractivity contribution is 0.0564. The first-order valence-corrected chi connectivity index (χ1v) is 8.71. The molecule has 0 radical (unpaired) electrons. The molecule has 4 heterocycles. The SMILES string of the molecule is Cc1nnc(-c2cc3cc(NC(=O)N4CCOCC4)ncc3cn2)s1. The van der Waals surface area contributed by atoms with Crippen molar-refractivity contribution < 1.29 is 9.53 Å². The van der Waals surface area contributed by atoms with E-state index in [0.29, 0.717) is 32.1 Å². The van der Waals surface area contributed by atoms with E-state index in [1.54, 1.807) is 17.3 Å². The van der Waals surface area contributed by atoms with Crippen molar-refractivity contribution in [1.29, 1.82) is 0 Å². The Hall–Kier alpha value is -2.65. The second kappa shape index (κ2) is 6.69. The number of nitrogens with one attached hydrogen (secondary N) is 1. The quantitative estimate of drug-likeness (QED) is 0.757. The van der Waals surface area contributed by atoms with Gasteiger partial charge in [-0.3, -0.25) is 10.3 Å². The summed E-state index contributed by atoms with van der Waals surface area (Å²) in [5, 5.41) is 14.5. The number of fused-ring (bicyclic) bond motifs is 1. The Balaban J connectivity index is 1.59. The summed E-state index contributed by atoms with van der Waals surface area (Å²) in [6.45, 7) is 4.21. The van der Waals surface area contributed by atoms with Gasteiger partial charge >= 0.3 is 6.03 Å². The van der Waals surface area contributed by atoms with E-state index in [1.807, 2.05) is 19.1 Å². The van der Waals surface area contributed by atoms with Crippen LogP contribution >= 0.6 is 11.3 Å². The van der Waals surface area contributed by atoms with Crippen LogP contribution < -0.4 is 5.32 Å². The van der Waals surface area contributed by atoms with Crippen LogP contribution in [0.1, 0.15) is 5.01 Å². The molecule has 25 heavy (non-hydrogen) atoms. The maximum absolute atomic E-state index is 12.3. The molecule has 8 nitrogen and oxygen atoms in total. The monoisotopic (exact) mass is 356 g/mol. The molecule has 0 atom stereocenters. The fourth-order valence-electron chi connectivity index (χ4n) is 2.58. The number of ether oxygens (including phenoxy) is 1. The number of pyridine rings is 2. The van der Waals surface area contributed by atoms with Crippen LogP contribution in [0.2, 0.25) is 0 Å². The number of carbonyl (C=O) groups is 1. The summed E-state index contributed by atoms with van der Waals surface area (Å²) < 4.78 is 5.26. The van der Waals surface area contributed by atoms with Gasteiger partial charge in [-0.1, -0.05) is 11.3 Å². The van der Waals surface area contributed by atoms with Crippen LogP contribution in [0.15, 0.2) is 24.5 Å². The molecule has 4 rings (SSSR count). The number of nitrogens with zero attached hydrogens (tertiary/aromatic N) is 5. The molecule has 0 bridgehead atoms. The maximum Gasteiger partial charge on any atom is 0.323 e. The molecule has 0 saturated carbocycles. The average Bonchev–Trinajstić information content (AvgIpc) is 3.08. The van der Waals surface area contributed by atoms with Crippen LogP contribution in [0, 0.1) is 6.92 Å². The summed E-state index contributed by atoms with van der Waals surface area (Å²) in [7, 11) is 0. The van der Waals surface area contributed by atoms with E-state index >= 15 is 0 Å². The molecule has 1 saturated heterocycles. The van der Waals surface area contributed by atoms with Crippen molar-refractivity contribution in [3.63, 3.8) is 0 Å². The second-order valence-electron chi connectivity index (χ2n) is 5.64. The average molecular weight is 356 g/mol. The third kappa shape index (κ3) is 3.42. The Bertz CT molecular complexity index is 922. The van der Waals surface area contributed by atoms with Crippen LogP contribution in [0.5, 0.6) is 0 Å². The van der Waals surface area contributed by atoms with E-state index in [9.17, 15) is 4.79 Å². The highest BCUT2D eigenvalue weighted by Gasteiger charge is 2.17. The molecular weight excluding hydrogens is 340 g/mol. The topological polar surface area (TPSA) is 93.1 Å². The van der Waals surface area contributed by atoms with Gasteiger partial charge in [-0.25, -0.2) is 9.78 Å². The van der Waals surface area contributed by atoms with Crippen LogP contribution in [-0.2, 0) is 4.74 Å². The van der Waals surface area contributed by atoms with Gasteiger partial charge in [0.25, 0.3) is 0 Å². The van der Waals surface area contributed by atoms with Crippen molar-refractivity contribution in [3.05, 3.63) is 29.5 Å². The minimum atomic E-state index is -0.163. The lowest BCUT2D eigenvalue weighted by atomic mass is 10.2. The van der Waals surface area contributed by atoms with Gasteiger partial charge in [0.05, 0.1) is 13.2 Å². The van der Waals surface area contributed by atoms with Crippen molar-refractivity contribution >= 4 is 34.0 Å². The predicted molar refractivity (Wildman–Crippen MR) is 94.6 cm³/mol. The number of aryl methyl sites for hydroxylation is 1. The zero-order valence-corrected chi connectivity index (χ0v) is 14.4. The summed E-state index contributed by atoms with van der Waals surface area (Å²) >= 11 is 1.49. The third-order valence-corrected chi connectivity index (χ3v) is 4.74. The van der Waals surface area contributed by atoms with E-state index in [4.69, 9.17) is 4.74 Å². The van der Waals surface area contributed by atoms with Crippen molar-refractivity contribution in [2.24, 2.45) is 0 Å². The first kappa shape index (κ1) is 15.9. The van der Waals surface area contributed by atoms with Gasteiger partial charge in [-0.15, -0.1) is 10.2 Å². The number of anilines is 1. The molecule has 2 amide bonds. The number of hydrogen-bond acceptors (Lipinski definition) is 7. The van der Waals surface area contributed by atoms with Crippen molar-refractivity contribution in [2.45, 2.75) is 6.92 Å². The highest BCUT2D eigenvalue weighted by atomic mass is 32.1. The minimum absolute atomic E-state index is 0.163. The van der Waals surface area contributed by atoms with Crippen LogP contribution in [0.25, 0.3) is 21.5 Å². The van der Waals surface area contributed by atoms with Gasteiger partial charge < -0.3 is 9.64 Å². The third-order valence-electron chi connectivity index (χ3n) is 3.88. The van der Waals surface area contributed by atoms with Crippen molar-refractivity contribution in [3.8, 4) is 10.7 Å². The summed E-state index contributed by atoms with van der Waals surface area (Å²) in [6.07, 6.45) is 3.45. The Labute approximate surface area is 147 Å². The number of aromatic nitrogens is 4. The lowest BCUT2D eigenvalue weighted by Crippen LogP contribution is -2.43. The molecule has 3 aromatic rings. The Morgan fingerprint density at radius 1 is 1.16 bits per heavy atom. The van der Waals surface area contributed by atoms with E-state index in [0.717, 1.165) is 26.5 Å². The maximum atomic E-state index is 12.3. The fraction of sp³-hybridized carbons (Fsp3) is 0.312. The van der Waals surface area contributed by atoms with Gasteiger partial charge in [0.15, 0.2) is 5.01 Å². The molecule has 9 heteroatoms. The highest BCUT2D eigenvalue weighted by molar-refractivity contribution is 7.14. The molecule has 128 valence electrons. The zero-order valence-electron chi connectivity index (χ0n) is 13.6. The van der Waals surface area contributed by atoms with E-state index < -0.39 is 0 Å². The zero-order chi connectivity index (χ0) is 17.2. The van der Waals surface area contributed by atoms with Crippen LogP contribution in [0.4, 0.5) is 10.6 Å². The van der Waals surface area contributed by atoms with E-state index in [-0.39, 0.29) is 6.03 Å². The smallest absolute Gasteiger partial charge is 0.323 e. The molecular formula is C16H16N6O2S. The van der Waals surface area contributed by atoms with Gasteiger partial charge in [0, 0.05) is 30.9 Å². The van der Waals surface area contributed by atoms with Gasteiger partial charge in [-0.05, 0) is 24.4 Å². The molecule has 1 aliphatic heterocycles. The summed E-state index contributed by atoms with van der Waals surface area (Å²) in [5.41, 5.74) is 0.759. The first-order valence-electron chi connectivity index (χ1n) is 7.89. The number of amides is 2. The lowest BCUT2D eigenvalue weighted by Gasteiger charge is -2.26. The summed E-state index contributed by atoms with van der Waals surface area (Å²) in [4.78, 5) is 22.7. The van der Waals surface area contributed by atoms with Crippen molar-refractivity contribution in [2.75, 3.05) is 31.6 Å². The Morgan fingerprint density at radius 3 is 2.72 bits per heavy atom. The summed E-state index contributed by atoms with van der Waals surface area (Å²) in [6, 6.07) is 3.61. The normalized spacial score (nSPS) is 14.7. The molecule has 0 spiro atoms. The molecule has 0 aromatic carbocycles. The molecule has 3 aromatic heterocycles. The Morgan fingerprint density at radius 2 is 1.96 bits per heavy atom. The number of carbonyl (C=O) groups excluding carboxylic acids is 1. The highest BCUT2D eigenvalue weighted by Crippen LogP contribution is 2.25. The number of urea groups is 1. The van der Waals surface area contributed by atoms with Crippen molar-refractivity contribution in [1.82, 2.24) is 25.1 Å². The van der Waals surface area contributed by atoms with Gasteiger partial charge in [-0.2, -0.15) is 0 Å². The number of rotatable bonds is 2. The molecule has 1 aliphatic rings. The molecule has 1 fully saturated rings. The van der Waals surface area contributed by atoms with Gasteiger partial charge in [0.1, 0.15) is 16.5 Å². The predicted octanol–water partition coefficient (Wildman–Crippen LogP) is 2.32. The standard InChI is InChI=1S/C16H16N6O2S/c1-10-20-21-15(25-10)13-6-11-7-14(18-9-12(11)8-17-13)19-16(23)22-2-4-24-5-3-22/h6-9H,2-5H2,1H3,(H,18,19,23). The molecule has 1 N–H and O–H groups in total. The fourth-order valence-corrected chi connectivity index (χ4v) is 3.24. The van der Waals surface area contributed by atoms with Gasteiger partial charge in [0.2, 0.25) is 0 Å². The minimum Gasteiger partial charge on any atom is -0.378 e. The molecule has 0 aliphatic carbocycles. The summed E-state index contributed by atoms with van der Waals surface area (Å²) in [5.74, 6) is 0.509. The van der Waals surface area contributed by atoms with E-state index in [1.165, 1.54) is 11.3 Å². The largest absolute Gasteiger partial charge is 0.378 e. The van der Waals surface area contributed by atoms with E-state index in [2.05, 4.69) is 25.5 Å².